The monoisotopic (exact) mass is 212 g/mol. The summed E-state index contributed by atoms with van der Waals surface area (Å²) in [7, 11) is 0. The van der Waals surface area contributed by atoms with Gasteiger partial charge in [-0.15, -0.1) is 0 Å². The summed E-state index contributed by atoms with van der Waals surface area (Å²) in [5.74, 6) is -0.814. The summed E-state index contributed by atoms with van der Waals surface area (Å²) in [6.45, 7) is 9.70. The number of carbonyl (C=O) groups excluding carboxylic acids is 2. The van der Waals surface area contributed by atoms with Crippen LogP contribution in [0.15, 0.2) is 24.3 Å². The summed E-state index contributed by atoms with van der Waals surface area (Å²) in [6.07, 6.45) is -1.07. The van der Waals surface area contributed by atoms with Gasteiger partial charge in [0.2, 0.25) is 0 Å². The van der Waals surface area contributed by atoms with Crippen LogP contribution >= 0.6 is 0 Å². The highest BCUT2D eigenvalue weighted by Gasteiger charge is 2.13. The molecule has 1 atom stereocenters. The molecule has 0 aliphatic carbocycles. The summed E-state index contributed by atoms with van der Waals surface area (Å²) >= 11 is 0. The number of Topliss-reactive ketones (excluding diaryl/α,β-unsaturated/α-hetero) is 1. The number of aliphatic hydroxyl groups is 1. The Labute approximate surface area is 89.2 Å². The maximum Gasteiger partial charge on any atom is 0.333 e. The van der Waals surface area contributed by atoms with Gasteiger partial charge in [0.15, 0.2) is 5.78 Å². The molecule has 0 amide bonds. The van der Waals surface area contributed by atoms with Crippen LogP contribution < -0.4 is 0 Å². The lowest BCUT2D eigenvalue weighted by atomic mass is 10.1. The number of ether oxygens (including phenoxy) is 1. The van der Waals surface area contributed by atoms with Crippen LogP contribution in [-0.2, 0) is 14.3 Å². The molecule has 0 aliphatic rings. The van der Waals surface area contributed by atoms with Gasteiger partial charge in [-0.05, 0) is 19.4 Å². The van der Waals surface area contributed by atoms with Crippen molar-refractivity contribution in [3.05, 3.63) is 24.3 Å². The quantitative estimate of drug-likeness (QED) is 0.527. The molecule has 0 aromatic rings. The average Bonchev–Trinajstić information content (AvgIpc) is 2.13. The predicted octanol–water partition coefficient (Wildman–Crippen LogP) is 1.00. The zero-order valence-corrected chi connectivity index (χ0v) is 9.08. The molecule has 0 saturated carbocycles. The number of esters is 1. The van der Waals surface area contributed by atoms with Gasteiger partial charge in [0.05, 0.1) is 6.10 Å². The molecule has 0 fully saturated rings. The van der Waals surface area contributed by atoms with Gasteiger partial charge in [-0.3, -0.25) is 4.79 Å². The zero-order valence-electron chi connectivity index (χ0n) is 9.08. The third-order valence-corrected chi connectivity index (χ3v) is 1.65. The molecule has 4 heteroatoms. The van der Waals surface area contributed by atoms with E-state index in [4.69, 9.17) is 0 Å². The van der Waals surface area contributed by atoms with E-state index in [1.54, 1.807) is 6.92 Å². The Hall–Kier alpha value is -1.42. The second-order valence-corrected chi connectivity index (χ2v) is 3.44. The van der Waals surface area contributed by atoms with E-state index in [-0.39, 0.29) is 24.4 Å². The van der Waals surface area contributed by atoms with Crippen LogP contribution in [0.3, 0.4) is 0 Å². The van der Waals surface area contributed by atoms with E-state index in [9.17, 15) is 14.7 Å². The zero-order chi connectivity index (χ0) is 12.0. The minimum atomic E-state index is -0.988. The van der Waals surface area contributed by atoms with Crippen LogP contribution in [-0.4, -0.2) is 29.6 Å². The van der Waals surface area contributed by atoms with Gasteiger partial charge < -0.3 is 9.84 Å². The Kier molecular flexibility index (Phi) is 5.56. The number of ketones is 1. The first-order valence-electron chi connectivity index (χ1n) is 4.54. The summed E-state index contributed by atoms with van der Waals surface area (Å²) in [5.41, 5.74) is 0.633. The van der Waals surface area contributed by atoms with Crippen molar-refractivity contribution in [1.82, 2.24) is 0 Å². The largest absolute Gasteiger partial charge is 0.460 e. The van der Waals surface area contributed by atoms with Crippen molar-refractivity contribution in [3.8, 4) is 0 Å². The van der Waals surface area contributed by atoms with E-state index < -0.39 is 12.1 Å². The molecule has 0 spiro atoms. The molecule has 0 aromatic carbocycles. The van der Waals surface area contributed by atoms with Gasteiger partial charge in [0, 0.05) is 12.0 Å². The Morgan fingerprint density at radius 1 is 1.27 bits per heavy atom. The van der Waals surface area contributed by atoms with Crippen molar-refractivity contribution < 1.29 is 19.4 Å². The molecule has 0 aliphatic heterocycles. The molecular weight excluding hydrogens is 196 g/mol. The third-order valence-electron chi connectivity index (χ3n) is 1.65. The van der Waals surface area contributed by atoms with Crippen LogP contribution in [0, 0.1) is 0 Å². The highest BCUT2D eigenvalue weighted by Crippen LogP contribution is 2.02. The van der Waals surface area contributed by atoms with Gasteiger partial charge in [-0.25, -0.2) is 4.79 Å². The molecule has 0 radical (unpaired) electrons. The standard InChI is InChI=1S/C11H16O4/c1-7(2)10(13)5-9(12)6-15-11(14)8(3)4/h9,12H,1,3,5-6H2,2,4H3. The second kappa shape index (κ2) is 6.14. The predicted molar refractivity (Wildman–Crippen MR) is 56.2 cm³/mol. The lowest BCUT2D eigenvalue weighted by molar-refractivity contribution is -0.142. The topological polar surface area (TPSA) is 63.6 Å². The fourth-order valence-electron chi connectivity index (χ4n) is 0.742. The fourth-order valence-corrected chi connectivity index (χ4v) is 0.742. The first kappa shape index (κ1) is 13.6. The number of hydrogen-bond donors (Lipinski definition) is 1. The Morgan fingerprint density at radius 2 is 1.80 bits per heavy atom. The highest BCUT2D eigenvalue weighted by atomic mass is 16.5. The van der Waals surface area contributed by atoms with Gasteiger partial charge in [0.25, 0.3) is 0 Å². The van der Waals surface area contributed by atoms with E-state index in [1.165, 1.54) is 6.92 Å². The highest BCUT2D eigenvalue weighted by molar-refractivity contribution is 5.94. The molecule has 0 heterocycles. The smallest absolute Gasteiger partial charge is 0.333 e. The van der Waals surface area contributed by atoms with Crippen molar-refractivity contribution in [2.45, 2.75) is 26.4 Å². The maximum absolute atomic E-state index is 11.1. The van der Waals surface area contributed by atoms with E-state index in [0.29, 0.717) is 5.57 Å². The van der Waals surface area contributed by atoms with Gasteiger partial charge >= 0.3 is 5.97 Å². The molecule has 84 valence electrons. The van der Waals surface area contributed by atoms with Crippen LogP contribution in [0.5, 0.6) is 0 Å². The van der Waals surface area contributed by atoms with Crippen molar-refractivity contribution in [2.75, 3.05) is 6.61 Å². The van der Waals surface area contributed by atoms with Gasteiger partial charge in [-0.1, -0.05) is 13.2 Å². The molecule has 15 heavy (non-hydrogen) atoms. The average molecular weight is 212 g/mol. The molecule has 0 saturated heterocycles. The molecule has 1 N–H and O–H groups in total. The van der Waals surface area contributed by atoms with Crippen molar-refractivity contribution >= 4 is 11.8 Å². The van der Waals surface area contributed by atoms with Crippen LogP contribution in [0.2, 0.25) is 0 Å². The fraction of sp³-hybridized carbons (Fsp3) is 0.455. The second-order valence-electron chi connectivity index (χ2n) is 3.44. The Morgan fingerprint density at radius 3 is 2.20 bits per heavy atom. The van der Waals surface area contributed by atoms with Gasteiger partial charge in [0.1, 0.15) is 6.61 Å². The maximum atomic E-state index is 11.1. The van der Waals surface area contributed by atoms with E-state index in [0.717, 1.165) is 0 Å². The van der Waals surface area contributed by atoms with E-state index in [2.05, 4.69) is 17.9 Å². The first-order valence-corrected chi connectivity index (χ1v) is 4.54. The molecule has 0 rings (SSSR count). The Bertz CT molecular complexity index is 291. The van der Waals surface area contributed by atoms with Crippen molar-refractivity contribution in [2.24, 2.45) is 0 Å². The van der Waals surface area contributed by atoms with Crippen molar-refractivity contribution in [3.63, 3.8) is 0 Å². The molecule has 0 bridgehead atoms. The normalized spacial score (nSPS) is 11.7. The van der Waals surface area contributed by atoms with Crippen LogP contribution in [0.25, 0.3) is 0 Å². The van der Waals surface area contributed by atoms with Gasteiger partial charge in [-0.2, -0.15) is 0 Å². The molecular formula is C11H16O4. The summed E-state index contributed by atoms with van der Waals surface area (Å²) < 4.78 is 4.68. The molecule has 4 nitrogen and oxygen atoms in total. The summed E-state index contributed by atoms with van der Waals surface area (Å²) in [5, 5.41) is 9.33. The van der Waals surface area contributed by atoms with Crippen molar-refractivity contribution in [1.29, 1.82) is 0 Å². The number of carbonyl (C=O) groups is 2. The van der Waals surface area contributed by atoms with Crippen LogP contribution in [0.4, 0.5) is 0 Å². The first-order chi connectivity index (χ1) is 6.84. The SMILES string of the molecule is C=C(C)C(=O)CC(O)COC(=O)C(=C)C. The molecule has 0 aromatic heterocycles. The number of aliphatic hydroxyl groups excluding tert-OH is 1. The third kappa shape index (κ3) is 5.80. The minimum absolute atomic E-state index is 0.0845. The number of allylic oxidation sites excluding steroid dienone is 1. The van der Waals surface area contributed by atoms with E-state index >= 15 is 0 Å². The number of hydrogen-bond acceptors (Lipinski definition) is 4. The Balaban J connectivity index is 3.90. The minimum Gasteiger partial charge on any atom is -0.460 e. The van der Waals surface area contributed by atoms with Crippen LogP contribution in [0.1, 0.15) is 20.3 Å². The molecule has 1 unspecified atom stereocenters. The lowest BCUT2D eigenvalue weighted by Gasteiger charge is -2.10. The van der Waals surface area contributed by atoms with E-state index in [1.807, 2.05) is 0 Å². The number of rotatable bonds is 6. The summed E-state index contributed by atoms with van der Waals surface area (Å²) in [4.78, 5) is 22.0. The lowest BCUT2D eigenvalue weighted by Crippen LogP contribution is -2.22. The summed E-state index contributed by atoms with van der Waals surface area (Å²) in [6, 6.07) is 0.